The Morgan fingerprint density at radius 1 is 1.07 bits per heavy atom. The van der Waals surface area contributed by atoms with Crippen molar-refractivity contribution in [1.82, 2.24) is 24.9 Å². The van der Waals surface area contributed by atoms with Gasteiger partial charge in [0.25, 0.3) is 11.8 Å². The summed E-state index contributed by atoms with van der Waals surface area (Å²) in [5.41, 5.74) is 7.84. The van der Waals surface area contributed by atoms with Crippen LogP contribution in [0.25, 0.3) is 0 Å². The van der Waals surface area contributed by atoms with E-state index >= 15 is 0 Å². The first kappa shape index (κ1) is 31.1. The van der Waals surface area contributed by atoms with Gasteiger partial charge in [-0.05, 0) is 64.0 Å². The first-order chi connectivity index (χ1) is 19.9. The summed E-state index contributed by atoms with van der Waals surface area (Å²) in [5.74, 6) is -0.403. The average Bonchev–Trinajstić information content (AvgIpc) is 3.64. The zero-order valence-electron chi connectivity index (χ0n) is 24.4. The lowest BCUT2D eigenvalue weighted by molar-refractivity contribution is -0.129. The first-order valence-corrected chi connectivity index (χ1v) is 15.6. The van der Waals surface area contributed by atoms with Crippen molar-refractivity contribution < 1.29 is 19.1 Å². The molecule has 0 saturated carbocycles. The van der Waals surface area contributed by atoms with Crippen molar-refractivity contribution in [2.45, 2.75) is 31.4 Å². The number of carbonyl (C=O) groups is 3. The summed E-state index contributed by atoms with van der Waals surface area (Å²) in [6.45, 7) is 10.9. The van der Waals surface area contributed by atoms with Crippen LogP contribution in [0, 0.1) is 0 Å². The smallest absolute Gasteiger partial charge is 0.272 e. The largest absolute Gasteiger partial charge is 0.392 e. The van der Waals surface area contributed by atoms with Gasteiger partial charge in [-0.25, -0.2) is 0 Å². The van der Waals surface area contributed by atoms with E-state index in [0.717, 1.165) is 51.4 Å². The fourth-order valence-corrected chi connectivity index (χ4v) is 6.64. The highest BCUT2D eigenvalue weighted by atomic mass is 32.2. The first-order valence-electron chi connectivity index (χ1n) is 14.7. The lowest BCUT2D eigenvalue weighted by Gasteiger charge is -2.34. The second-order valence-corrected chi connectivity index (χ2v) is 11.8. The van der Waals surface area contributed by atoms with Gasteiger partial charge in [-0.15, -0.1) is 0 Å². The minimum absolute atomic E-state index is 0.0768. The predicted octanol–water partition coefficient (Wildman–Crippen LogP) is 1.20. The Morgan fingerprint density at radius 2 is 1.80 bits per heavy atom. The van der Waals surface area contributed by atoms with Crippen molar-refractivity contribution in [2.24, 2.45) is 5.73 Å². The van der Waals surface area contributed by atoms with E-state index in [9.17, 15) is 14.4 Å². The fraction of sp³-hybridized carbons (Fsp3) is 0.621. The molecule has 3 aliphatic heterocycles. The summed E-state index contributed by atoms with van der Waals surface area (Å²) in [4.78, 5) is 47.2. The van der Waals surface area contributed by atoms with Gasteiger partial charge in [0.05, 0.1) is 6.61 Å². The standard InChI is InChI=1S/C29H45N7O4S/c1-3-36-27(38)24(41-29(36)25(30)28(39)35-16-14-34(15-17-35)18-19-40-2)21-32-23-9-6-8-22(20-23)26(37)31-10-7-13-33-11-4-5-12-33/h6,8-9,20,24,32H,3-5,7,10-19,21,30H2,1-2H3,(H,31,37)/b29-25+/t24-/m1/s1. The second kappa shape index (κ2) is 15.4. The molecule has 0 aromatic heterocycles. The van der Waals surface area contributed by atoms with Crippen molar-refractivity contribution in [3.05, 3.63) is 40.6 Å². The molecule has 0 unspecified atom stereocenters. The lowest BCUT2D eigenvalue weighted by atomic mass is 10.2. The SMILES string of the molecule is CCN1C(=O)[C@@H](CNc2cccc(C(=O)NCCCN3CCCC3)c2)S/C1=C(/N)C(=O)N1CCN(CCOC)CC1. The van der Waals surface area contributed by atoms with E-state index in [-0.39, 0.29) is 23.4 Å². The molecule has 1 atom stereocenters. The summed E-state index contributed by atoms with van der Waals surface area (Å²) < 4.78 is 5.15. The third kappa shape index (κ3) is 8.37. The van der Waals surface area contributed by atoms with Crippen LogP contribution in [0.5, 0.6) is 0 Å². The number of ether oxygens (including phenoxy) is 1. The number of amides is 3. The number of hydrogen-bond acceptors (Lipinski definition) is 9. The van der Waals surface area contributed by atoms with E-state index in [1.165, 1.54) is 24.6 Å². The van der Waals surface area contributed by atoms with E-state index in [4.69, 9.17) is 10.5 Å². The molecule has 3 aliphatic rings. The van der Waals surface area contributed by atoms with Gasteiger partial charge >= 0.3 is 0 Å². The summed E-state index contributed by atoms with van der Waals surface area (Å²) in [6, 6.07) is 7.31. The number of anilines is 1. The molecule has 11 nitrogen and oxygen atoms in total. The van der Waals surface area contributed by atoms with Crippen LogP contribution in [0.3, 0.4) is 0 Å². The number of methoxy groups -OCH3 is 1. The van der Waals surface area contributed by atoms with Gasteiger partial charge in [-0.3, -0.25) is 19.3 Å². The minimum atomic E-state index is -0.426. The van der Waals surface area contributed by atoms with Gasteiger partial charge in [0.15, 0.2) is 0 Å². The molecule has 1 aromatic carbocycles. The molecule has 3 saturated heterocycles. The monoisotopic (exact) mass is 587 g/mol. The maximum absolute atomic E-state index is 13.2. The Bertz CT molecular complexity index is 1090. The number of benzene rings is 1. The molecule has 4 rings (SSSR count). The van der Waals surface area contributed by atoms with Crippen LogP contribution in [-0.4, -0.2) is 128 Å². The summed E-state index contributed by atoms with van der Waals surface area (Å²) in [7, 11) is 1.68. The second-order valence-electron chi connectivity index (χ2n) is 10.7. The number of nitrogens with zero attached hydrogens (tertiary/aromatic N) is 4. The number of hydrogen-bond donors (Lipinski definition) is 3. The molecule has 3 amide bonds. The predicted molar refractivity (Wildman–Crippen MR) is 162 cm³/mol. The highest BCUT2D eigenvalue weighted by Crippen LogP contribution is 2.36. The van der Waals surface area contributed by atoms with Crippen LogP contribution in [0.15, 0.2) is 35.0 Å². The number of nitrogens with one attached hydrogen (secondary N) is 2. The Morgan fingerprint density at radius 3 is 2.51 bits per heavy atom. The number of piperazine rings is 1. The molecule has 0 bridgehead atoms. The summed E-state index contributed by atoms with van der Waals surface area (Å²) in [5, 5.41) is 6.42. The van der Waals surface area contributed by atoms with Gasteiger partial charge < -0.3 is 35.8 Å². The van der Waals surface area contributed by atoms with Gasteiger partial charge in [0, 0.05) is 70.7 Å². The molecule has 3 heterocycles. The molecular weight excluding hydrogens is 542 g/mol. The van der Waals surface area contributed by atoms with E-state index < -0.39 is 5.25 Å². The third-order valence-corrected chi connectivity index (χ3v) is 9.16. The van der Waals surface area contributed by atoms with Crippen LogP contribution < -0.4 is 16.4 Å². The lowest BCUT2D eigenvalue weighted by Crippen LogP contribution is -2.50. The van der Waals surface area contributed by atoms with Crippen LogP contribution in [-0.2, 0) is 14.3 Å². The maximum atomic E-state index is 13.2. The van der Waals surface area contributed by atoms with E-state index in [1.54, 1.807) is 29.0 Å². The molecule has 226 valence electrons. The van der Waals surface area contributed by atoms with Crippen LogP contribution in [0.1, 0.15) is 36.5 Å². The minimum Gasteiger partial charge on any atom is -0.392 e. The van der Waals surface area contributed by atoms with Crippen LogP contribution in [0.2, 0.25) is 0 Å². The zero-order valence-corrected chi connectivity index (χ0v) is 25.2. The van der Waals surface area contributed by atoms with Crippen molar-refractivity contribution >= 4 is 35.2 Å². The van der Waals surface area contributed by atoms with E-state index in [1.807, 2.05) is 19.1 Å². The van der Waals surface area contributed by atoms with Crippen LogP contribution >= 0.6 is 11.8 Å². The Kier molecular flexibility index (Phi) is 11.7. The highest BCUT2D eigenvalue weighted by Gasteiger charge is 2.39. The van der Waals surface area contributed by atoms with Gasteiger partial charge in [0.1, 0.15) is 16.0 Å². The number of nitrogens with two attached hydrogens (primary N) is 1. The van der Waals surface area contributed by atoms with Crippen LogP contribution in [0.4, 0.5) is 5.69 Å². The zero-order chi connectivity index (χ0) is 29.2. The topological polar surface area (TPSA) is 123 Å². The number of likely N-dealkylation sites (tertiary alicyclic amines) is 1. The van der Waals surface area contributed by atoms with E-state index in [0.29, 0.717) is 49.9 Å². The molecule has 3 fully saturated rings. The third-order valence-electron chi connectivity index (χ3n) is 7.84. The van der Waals surface area contributed by atoms with Crippen molar-refractivity contribution in [3.8, 4) is 0 Å². The summed E-state index contributed by atoms with van der Waals surface area (Å²) >= 11 is 1.33. The number of carbonyl (C=O) groups excluding carboxylic acids is 3. The molecule has 1 aromatic rings. The molecule has 0 aliphatic carbocycles. The summed E-state index contributed by atoms with van der Waals surface area (Å²) in [6.07, 6.45) is 3.47. The van der Waals surface area contributed by atoms with Crippen molar-refractivity contribution in [3.63, 3.8) is 0 Å². The Labute approximate surface area is 247 Å². The molecule has 41 heavy (non-hydrogen) atoms. The Balaban J connectivity index is 1.29. The molecule has 0 radical (unpaired) electrons. The molecule has 12 heteroatoms. The van der Waals surface area contributed by atoms with Crippen molar-refractivity contribution in [2.75, 3.05) is 91.0 Å². The Hall–Kier alpha value is -2.80. The molecular formula is C29H45N7O4S. The highest BCUT2D eigenvalue weighted by molar-refractivity contribution is 8.04. The number of rotatable bonds is 13. The number of thioether (sulfide) groups is 1. The van der Waals surface area contributed by atoms with Gasteiger partial charge in [-0.2, -0.15) is 0 Å². The molecule has 0 spiro atoms. The van der Waals surface area contributed by atoms with E-state index in [2.05, 4.69) is 20.4 Å². The van der Waals surface area contributed by atoms with Crippen molar-refractivity contribution in [1.29, 1.82) is 0 Å². The van der Waals surface area contributed by atoms with Gasteiger partial charge in [0.2, 0.25) is 5.91 Å². The fourth-order valence-electron chi connectivity index (χ4n) is 5.41. The quantitative estimate of drug-likeness (QED) is 0.231. The average molecular weight is 588 g/mol. The normalized spacial score (nSPS) is 21.4. The molecule has 4 N–H and O–H groups in total. The van der Waals surface area contributed by atoms with Gasteiger partial charge in [-0.1, -0.05) is 17.8 Å². The maximum Gasteiger partial charge on any atom is 0.272 e.